The van der Waals surface area contributed by atoms with Crippen molar-refractivity contribution in [2.45, 2.75) is 83.1 Å². The number of aliphatic hydroxyl groups excluding tert-OH is 1. The molecule has 0 aromatic carbocycles. The van der Waals surface area contributed by atoms with Gasteiger partial charge in [-0.15, -0.1) is 0 Å². The molecule has 2 aliphatic heterocycles. The first-order valence-corrected chi connectivity index (χ1v) is 14.9. The van der Waals surface area contributed by atoms with Gasteiger partial charge >= 0.3 is 0 Å². The van der Waals surface area contributed by atoms with Crippen LogP contribution in [0.15, 0.2) is 79.2 Å². The topological polar surface area (TPSA) is 57.5 Å². The Hall–Kier alpha value is -1.82. The minimum absolute atomic E-state index is 0.0172. The summed E-state index contributed by atoms with van der Waals surface area (Å²) in [4.78, 5) is 17.6. The normalized spacial score (nSPS) is 23.0. The fourth-order valence-electron chi connectivity index (χ4n) is 4.06. The maximum Gasteiger partial charge on any atom is 0.200 e. The molecule has 1 unspecified atom stereocenters. The minimum atomic E-state index is -0.987. The van der Waals surface area contributed by atoms with Crippen molar-refractivity contribution in [2.24, 2.45) is 21.7 Å². The first kappa shape index (κ1) is 29.7. The number of Topliss-reactive ketones (excluding diaryl/α,β-unsaturated/α-hetero) is 1. The molecule has 0 amide bonds. The van der Waals surface area contributed by atoms with Crippen LogP contribution in [-0.2, 0) is 4.79 Å². The molecular formula is C32H44O3S2. The molecule has 0 saturated heterocycles. The Labute approximate surface area is 231 Å². The standard InChI is InChI=1S/C32H44O3S2/c1-29(2,3)23-15-19(16-24(36-23)30(4,5)6)13-21-27(33)22(28(21)34)14-20-17-25(31(7,8)9)37(35)26(18-20)32(10,11)12/h13-18,33,35H,1-12H3. The summed E-state index contributed by atoms with van der Waals surface area (Å²) in [5.74, 6) is -0.123. The van der Waals surface area contributed by atoms with Gasteiger partial charge in [-0.05, 0) is 89.8 Å². The van der Waals surface area contributed by atoms with E-state index in [0.717, 1.165) is 20.9 Å². The molecule has 0 saturated carbocycles. The lowest BCUT2D eigenvalue weighted by molar-refractivity contribution is -0.113. The van der Waals surface area contributed by atoms with Gasteiger partial charge in [-0.2, -0.15) is 0 Å². The molecule has 0 aromatic rings. The van der Waals surface area contributed by atoms with Gasteiger partial charge in [0.2, 0.25) is 5.78 Å². The number of rotatable bonds is 2. The zero-order valence-electron chi connectivity index (χ0n) is 24.6. The van der Waals surface area contributed by atoms with Crippen molar-refractivity contribution in [3.05, 3.63) is 79.2 Å². The lowest BCUT2D eigenvalue weighted by Gasteiger charge is -2.32. The van der Waals surface area contributed by atoms with Crippen LogP contribution in [0.1, 0.15) is 83.1 Å². The van der Waals surface area contributed by atoms with Crippen molar-refractivity contribution in [2.75, 3.05) is 0 Å². The molecular weight excluding hydrogens is 496 g/mol. The molecule has 1 aliphatic carbocycles. The van der Waals surface area contributed by atoms with Gasteiger partial charge in [0.05, 0.1) is 11.1 Å². The van der Waals surface area contributed by atoms with E-state index in [1.807, 2.05) is 18.2 Å². The highest BCUT2D eigenvalue weighted by atomic mass is 32.2. The molecule has 37 heavy (non-hydrogen) atoms. The summed E-state index contributed by atoms with van der Waals surface area (Å²) in [6, 6.07) is 0. The molecule has 3 nitrogen and oxygen atoms in total. The Balaban J connectivity index is 2.07. The average Bonchev–Trinajstić information content (AvgIpc) is 2.73. The average molecular weight is 541 g/mol. The summed E-state index contributed by atoms with van der Waals surface area (Å²) in [6.07, 6.45) is 11.8. The van der Waals surface area contributed by atoms with Gasteiger partial charge in [0.1, 0.15) is 5.76 Å². The van der Waals surface area contributed by atoms with Crippen LogP contribution in [0, 0.1) is 21.7 Å². The maximum absolute atomic E-state index is 13.2. The quantitative estimate of drug-likeness (QED) is 0.270. The molecule has 3 aliphatic rings. The number of hydrogen-bond acceptors (Lipinski definition) is 4. The highest BCUT2D eigenvalue weighted by Crippen LogP contribution is 2.49. The fourth-order valence-corrected chi connectivity index (χ4v) is 7.19. The molecule has 5 heteroatoms. The second-order valence-corrected chi connectivity index (χ2v) is 16.7. The van der Waals surface area contributed by atoms with Crippen molar-refractivity contribution < 1.29 is 14.5 Å². The first-order chi connectivity index (χ1) is 16.6. The molecule has 0 fully saturated rings. The SMILES string of the molecule is CC(C)(C)C1=CC(=CC2=C(O)C(=CC3=CC(C(C)(C)C)=S(O)C(C(C)(C)C)=C3)C2=O)C=C(C(C)(C)C)S1. The predicted octanol–water partition coefficient (Wildman–Crippen LogP) is 9.67. The van der Waals surface area contributed by atoms with Crippen molar-refractivity contribution in [1.29, 1.82) is 0 Å². The maximum atomic E-state index is 13.2. The second-order valence-electron chi connectivity index (χ2n) is 14.2. The Kier molecular flexibility index (Phi) is 7.82. The third-order valence-corrected chi connectivity index (χ3v) is 10.6. The van der Waals surface area contributed by atoms with Crippen LogP contribution in [0.5, 0.6) is 0 Å². The molecule has 3 rings (SSSR count). The molecule has 2 N–H and O–H groups in total. The van der Waals surface area contributed by atoms with E-state index in [0.29, 0.717) is 11.1 Å². The van der Waals surface area contributed by atoms with Crippen LogP contribution in [0.4, 0.5) is 0 Å². The molecule has 0 aromatic heterocycles. The summed E-state index contributed by atoms with van der Waals surface area (Å²) in [5, 5.41) is 11.0. The predicted molar refractivity (Wildman–Crippen MR) is 164 cm³/mol. The highest BCUT2D eigenvalue weighted by molar-refractivity contribution is 8.14. The Morgan fingerprint density at radius 2 is 1.24 bits per heavy atom. The zero-order valence-corrected chi connectivity index (χ0v) is 26.2. The molecule has 0 bridgehead atoms. The van der Waals surface area contributed by atoms with Gasteiger partial charge in [-0.1, -0.05) is 94.8 Å². The van der Waals surface area contributed by atoms with Gasteiger partial charge in [-0.25, -0.2) is 0 Å². The monoisotopic (exact) mass is 540 g/mol. The van der Waals surface area contributed by atoms with E-state index in [9.17, 15) is 14.5 Å². The Morgan fingerprint density at radius 1 is 0.730 bits per heavy atom. The third-order valence-electron chi connectivity index (χ3n) is 6.41. The van der Waals surface area contributed by atoms with E-state index >= 15 is 0 Å². The number of carbonyl (C=O) groups excluding carboxylic acids is 1. The van der Waals surface area contributed by atoms with Crippen LogP contribution < -0.4 is 0 Å². The molecule has 0 radical (unpaired) electrons. The number of thioether (sulfide) groups is 1. The van der Waals surface area contributed by atoms with Crippen LogP contribution in [0.3, 0.4) is 0 Å². The lowest BCUT2D eigenvalue weighted by Crippen LogP contribution is -2.24. The summed E-state index contributed by atoms with van der Waals surface area (Å²) < 4.78 is 11.1. The van der Waals surface area contributed by atoms with E-state index in [4.69, 9.17) is 0 Å². The van der Waals surface area contributed by atoms with Crippen molar-refractivity contribution >= 4 is 33.2 Å². The summed E-state index contributed by atoms with van der Waals surface area (Å²) in [5.41, 5.74) is 1.94. The van der Waals surface area contributed by atoms with Gasteiger partial charge in [0, 0.05) is 9.77 Å². The highest BCUT2D eigenvalue weighted by Gasteiger charge is 2.35. The number of carbonyl (C=O) groups is 1. The smallest absolute Gasteiger partial charge is 0.200 e. The van der Waals surface area contributed by atoms with Crippen LogP contribution >= 0.6 is 22.5 Å². The Bertz CT molecular complexity index is 1240. The molecule has 1 atom stereocenters. The van der Waals surface area contributed by atoms with Gasteiger partial charge in [0.25, 0.3) is 0 Å². The van der Waals surface area contributed by atoms with Crippen molar-refractivity contribution in [3.63, 3.8) is 0 Å². The van der Waals surface area contributed by atoms with Crippen LogP contribution in [0.25, 0.3) is 0 Å². The molecule has 0 spiro atoms. The zero-order chi connectivity index (χ0) is 28.3. The third kappa shape index (κ3) is 6.43. The summed E-state index contributed by atoms with van der Waals surface area (Å²) in [7, 11) is -0.987. The molecule has 202 valence electrons. The van der Waals surface area contributed by atoms with Crippen LogP contribution in [-0.4, -0.2) is 20.3 Å². The van der Waals surface area contributed by atoms with E-state index < -0.39 is 10.8 Å². The fraction of sp³-hybridized carbons (Fsp3) is 0.500. The number of aliphatic hydroxyl groups is 1. The first-order valence-electron chi connectivity index (χ1n) is 12.9. The van der Waals surface area contributed by atoms with Crippen molar-refractivity contribution in [1.82, 2.24) is 0 Å². The van der Waals surface area contributed by atoms with Gasteiger partial charge < -0.3 is 9.66 Å². The summed E-state index contributed by atoms with van der Waals surface area (Å²) in [6.45, 7) is 25.7. The van der Waals surface area contributed by atoms with Crippen molar-refractivity contribution in [3.8, 4) is 0 Å². The number of allylic oxidation sites excluding steroid dienone is 13. The van der Waals surface area contributed by atoms with E-state index in [1.54, 1.807) is 17.8 Å². The van der Waals surface area contributed by atoms with E-state index in [1.165, 1.54) is 9.81 Å². The van der Waals surface area contributed by atoms with E-state index in [-0.39, 0.29) is 33.2 Å². The Morgan fingerprint density at radius 3 is 1.65 bits per heavy atom. The minimum Gasteiger partial charge on any atom is -0.506 e. The van der Waals surface area contributed by atoms with Gasteiger partial charge in [-0.3, -0.25) is 4.79 Å². The number of ketones is 1. The molecule has 2 heterocycles. The summed E-state index contributed by atoms with van der Waals surface area (Å²) >= 11 is 1.80. The van der Waals surface area contributed by atoms with Crippen LogP contribution in [0.2, 0.25) is 0 Å². The van der Waals surface area contributed by atoms with Gasteiger partial charge in [0.15, 0.2) is 0 Å². The lowest BCUT2D eigenvalue weighted by atomic mass is 9.83. The number of hydrogen-bond donors (Lipinski definition) is 2. The largest absolute Gasteiger partial charge is 0.506 e. The van der Waals surface area contributed by atoms with E-state index in [2.05, 4.69) is 95.2 Å². The second kappa shape index (κ2) is 9.73.